The Morgan fingerprint density at radius 1 is 1.47 bits per heavy atom. The van der Waals surface area contributed by atoms with Gasteiger partial charge in [-0.1, -0.05) is 11.6 Å². The van der Waals surface area contributed by atoms with Crippen LogP contribution in [0.15, 0.2) is 28.9 Å². The van der Waals surface area contributed by atoms with E-state index in [2.05, 4.69) is 4.99 Å². The van der Waals surface area contributed by atoms with E-state index in [1.54, 1.807) is 38.3 Å². The minimum atomic E-state index is -0.468. The predicted molar refractivity (Wildman–Crippen MR) is 65.2 cm³/mol. The Morgan fingerprint density at radius 3 is 2.82 bits per heavy atom. The highest BCUT2D eigenvalue weighted by Crippen LogP contribution is 2.26. The standard InChI is InChI=1S/C12H10ClNO3/c1-7-14-10(12(15)17-7)6-8-5-9(13)3-4-11(8)16-2/h3-6H,1-2H3/b10-6+. The fraction of sp³-hybridized carbons (Fsp3) is 0.167. The van der Waals surface area contributed by atoms with Gasteiger partial charge in [-0.3, -0.25) is 0 Å². The smallest absolute Gasteiger partial charge is 0.363 e. The quantitative estimate of drug-likeness (QED) is 0.600. The lowest BCUT2D eigenvalue weighted by Gasteiger charge is -2.04. The third-order valence-corrected chi connectivity index (χ3v) is 2.45. The summed E-state index contributed by atoms with van der Waals surface area (Å²) in [6, 6.07) is 5.14. The molecule has 1 aliphatic rings. The molecule has 0 saturated heterocycles. The molecule has 0 unspecified atom stereocenters. The van der Waals surface area contributed by atoms with E-state index in [4.69, 9.17) is 21.1 Å². The van der Waals surface area contributed by atoms with Crippen molar-refractivity contribution in [3.63, 3.8) is 0 Å². The molecule has 0 fully saturated rings. The van der Waals surface area contributed by atoms with E-state index >= 15 is 0 Å². The summed E-state index contributed by atoms with van der Waals surface area (Å²) < 4.78 is 9.99. The molecule has 5 heteroatoms. The number of esters is 1. The summed E-state index contributed by atoms with van der Waals surface area (Å²) in [7, 11) is 1.55. The third-order valence-electron chi connectivity index (χ3n) is 2.21. The number of halogens is 1. The summed E-state index contributed by atoms with van der Waals surface area (Å²) in [5.41, 5.74) is 0.925. The molecule has 2 rings (SSSR count). The highest BCUT2D eigenvalue weighted by Gasteiger charge is 2.20. The number of rotatable bonds is 2. The van der Waals surface area contributed by atoms with Crippen molar-refractivity contribution < 1.29 is 14.3 Å². The molecule has 0 aliphatic carbocycles. The zero-order chi connectivity index (χ0) is 12.4. The Bertz CT molecular complexity index is 535. The van der Waals surface area contributed by atoms with Gasteiger partial charge in [0.25, 0.3) is 0 Å². The van der Waals surface area contributed by atoms with Gasteiger partial charge in [-0.25, -0.2) is 9.79 Å². The zero-order valence-electron chi connectivity index (χ0n) is 9.36. The highest BCUT2D eigenvalue weighted by atomic mass is 35.5. The fourth-order valence-corrected chi connectivity index (χ4v) is 1.66. The zero-order valence-corrected chi connectivity index (χ0v) is 10.1. The van der Waals surface area contributed by atoms with Crippen LogP contribution >= 0.6 is 11.6 Å². The molecule has 0 saturated carbocycles. The maximum absolute atomic E-state index is 11.4. The average Bonchev–Trinajstić information content (AvgIpc) is 2.58. The van der Waals surface area contributed by atoms with E-state index in [1.807, 2.05) is 0 Å². The SMILES string of the molecule is COc1ccc(Cl)cc1/C=C1/N=C(C)OC1=O. The second-order valence-electron chi connectivity index (χ2n) is 3.44. The van der Waals surface area contributed by atoms with Crippen molar-refractivity contribution in [1.29, 1.82) is 0 Å². The van der Waals surface area contributed by atoms with Crippen molar-refractivity contribution in [2.75, 3.05) is 7.11 Å². The molecule has 0 N–H and O–H groups in total. The first-order valence-electron chi connectivity index (χ1n) is 4.93. The number of methoxy groups -OCH3 is 1. The molecule has 0 radical (unpaired) electrons. The molecule has 1 aromatic rings. The fourth-order valence-electron chi connectivity index (χ4n) is 1.48. The van der Waals surface area contributed by atoms with E-state index in [0.29, 0.717) is 22.2 Å². The molecule has 1 aromatic carbocycles. The molecule has 0 aromatic heterocycles. The van der Waals surface area contributed by atoms with Crippen LogP contribution in [0.3, 0.4) is 0 Å². The first-order chi connectivity index (χ1) is 8.10. The first-order valence-corrected chi connectivity index (χ1v) is 5.30. The number of hydrogen-bond donors (Lipinski definition) is 0. The van der Waals surface area contributed by atoms with Crippen LogP contribution in [0.1, 0.15) is 12.5 Å². The summed E-state index contributed by atoms with van der Waals surface area (Å²) in [6.45, 7) is 1.62. The summed E-state index contributed by atoms with van der Waals surface area (Å²) in [6.07, 6.45) is 1.59. The molecular formula is C12H10ClNO3. The lowest BCUT2D eigenvalue weighted by atomic mass is 10.1. The Labute approximate surface area is 104 Å². The van der Waals surface area contributed by atoms with Gasteiger partial charge < -0.3 is 9.47 Å². The molecular weight excluding hydrogens is 242 g/mol. The first kappa shape index (κ1) is 11.7. The molecule has 17 heavy (non-hydrogen) atoms. The van der Waals surface area contributed by atoms with Crippen molar-refractivity contribution in [2.45, 2.75) is 6.92 Å². The number of aliphatic imine (C=N–C) groups is 1. The van der Waals surface area contributed by atoms with Crippen LogP contribution in [0.5, 0.6) is 5.75 Å². The Hall–Kier alpha value is -1.81. The minimum Gasteiger partial charge on any atom is -0.496 e. The molecule has 1 aliphatic heterocycles. The van der Waals surface area contributed by atoms with Crippen molar-refractivity contribution in [1.82, 2.24) is 0 Å². The second-order valence-corrected chi connectivity index (χ2v) is 3.87. The van der Waals surface area contributed by atoms with Crippen LogP contribution < -0.4 is 4.74 Å². The predicted octanol–water partition coefficient (Wildman–Crippen LogP) is 2.66. The van der Waals surface area contributed by atoms with Gasteiger partial charge >= 0.3 is 5.97 Å². The molecule has 0 atom stereocenters. The number of ether oxygens (including phenoxy) is 2. The number of carbonyl (C=O) groups is 1. The minimum absolute atomic E-state index is 0.239. The van der Waals surface area contributed by atoms with E-state index in [0.717, 1.165) is 0 Å². The van der Waals surface area contributed by atoms with Crippen LogP contribution in [0.4, 0.5) is 0 Å². The monoisotopic (exact) mass is 251 g/mol. The average molecular weight is 252 g/mol. The molecule has 88 valence electrons. The number of nitrogens with zero attached hydrogens (tertiary/aromatic N) is 1. The molecule has 1 heterocycles. The van der Waals surface area contributed by atoms with Crippen molar-refractivity contribution >= 4 is 29.5 Å². The normalized spacial score (nSPS) is 17.0. The Morgan fingerprint density at radius 2 is 2.24 bits per heavy atom. The number of hydrogen-bond acceptors (Lipinski definition) is 4. The maximum atomic E-state index is 11.4. The van der Waals surface area contributed by atoms with Crippen LogP contribution in [-0.4, -0.2) is 19.0 Å². The molecule has 0 spiro atoms. The van der Waals surface area contributed by atoms with Crippen molar-refractivity contribution in [3.8, 4) is 5.75 Å². The number of cyclic esters (lactones) is 1. The second kappa shape index (κ2) is 4.59. The van der Waals surface area contributed by atoms with E-state index in [-0.39, 0.29) is 5.70 Å². The van der Waals surface area contributed by atoms with Gasteiger partial charge in [0.05, 0.1) is 7.11 Å². The third kappa shape index (κ3) is 2.47. The molecule has 0 bridgehead atoms. The Kier molecular flexibility index (Phi) is 3.15. The van der Waals surface area contributed by atoms with E-state index in [1.165, 1.54) is 0 Å². The van der Waals surface area contributed by atoms with Gasteiger partial charge in [-0.15, -0.1) is 0 Å². The number of carbonyl (C=O) groups excluding carboxylic acids is 1. The van der Waals surface area contributed by atoms with Gasteiger partial charge in [0.1, 0.15) is 5.75 Å². The summed E-state index contributed by atoms with van der Waals surface area (Å²) in [5, 5.41) is 0.560. The van der Waals surface area contributed by atoms with Crippen LogP contribution in [0.25, 0.3) is 6.08 Å². The van der Waals surface area contributed by atoms with Crippen molar-refractivity contribution in [2.24, 2.45) is 4.99 Å². The highest BCUT2D eigenvalue weighted by molar-refractivity contribution is 6.30. The van der Waals surface area contributed by atoms with E-state index in [9.17, 15) is 4.79 Å². The summed E-state index contributed by atoms with van der Waals surface area (Å²) >= 11 is 5.89. The van der Waals surface area contributed by atoms with Crippen LogP contribution in [-0.2, 0) is 9.53 Å². The topological polar surface area (TPSA) is 47.9 Å². The lowest BCUT2D eigenvalue weighted by Crippen LogP contribution is -2.00. The van der Waals surface area contributed by atoms with E-state index < -0.39 is 5.97 Å². The van der Waals surface area contributed by atoms with Gasteiger partial charge in [-0.2, -0.15) is 0 Å². The van der Waals surface area contributed by atoms with Crippen LogP contribution in [0, 0.1) is 0 Å². The summed E-state index contributed by atoms with van der Waals surface area (Å²) in [5.74, 6) is 0.487. The van der Waals surface area contributed by atoms with Gasteiger partial charge in [0.2, 0.25) is 0 Å². The molecule has 4 nitrogen and oxygen atoms in total. The van der Waals surface area contributed by atoms with Crippen LogP contribution in [0.2, 0.25) is 5.02 Å². The Balaban J connectivity index is 2.44. The largest absolute Gasteiger partial charge is 0.496 e. The molecule has 0 amide bonds. The van der Waals surface area contributed by atoms with Gasteiger partial charge in [-0.05, 0) is 24.3 Å². The van der Waals surface area contributed by atoms with Gasteiger partial charge in [0.15, 0.2) is 11.6 Å². The van der Waals surface area contributed by atoms with Gasteiger partial charge in [0, 0.05) is 17.5 Å². The number of benzene rings is 1. The summed E-state index contributed by atoms with van der Waals surface area (Å²) in [4.78, 5) is 15.4. The lowest BCUT2D eigenvalue weighted by molar-refractivity contribution is -0.130. The van der Waals surface area contributed by atoms with Crippen molar-refractivity contribution in [3.05, 3.63) is 34.5 Å². The maximum Gasteiger partial charge on any atom is 0.363 e.